The highest BCUT2D eigenvalue weighted by Crippen LogP contribution is 2.41. The molecule has 0 saturated heterocycles. The highest BCUT2D eigenvalue weighted by molar-refractivity contribution is 7.92. The number of sulfonamides is 1. The normalized spacial score (nSPS) is 16.5. The largest absolute Gasteiger partial charge is 0.478 e. The van der Waals surface area contributed by atoms with Gasteiger partial charge in [-0.1, -0.05) is 36.4 Å². The average molecular weight is 448 g/mol. The lowest BCUT2D eigenvalue weighted by Gasteiger charge is -2.21. The van der Waals surface area contributed by atoms with Crippen LogP contribution in [0.1, 0.15) is 17.2 Å². The molecule has 10 heteroatoms. The van der Waals surface area contributed by atoms with E-state index >= 15 is 0 Å². The van der Waals surface area contributed by atoms with E-state index in [-0.39, 0.29) is 0 Å². The maximum atomic E-state index is 12.9. The molecule has 1 aliphatic heterocycles. The molecular weight excluding hydrogens is 424 g/mol. The van der Waals surface area contributed by atoms with Crippen LogP contribution >= 0.6 is 0 Å². The van der Waals surface area contributed by atoms with Crippen LogP contribution in [-0.4, -0.2) is 57.8 Å². The lowest BCUT2D eigenvalue weighted by molar-refractivity contribution is -0.134. The van der Waals surface area contributed by atoms with Crippen molar-refractivity contribution in [2.45, 2.75) is 11.0 Å². The predicted octanol–water partition coefficient (Wildman–Crippen LogP) is 1.86. The third-order valence-corrected chi connectivity index (χ3v) is 6.25. The first kappa shape index (κ1) is 24.1. The minimum absolute atomic E-state index is 0.299. The van der Waals surface area contributed by atoms with Crippen molar-refractivity contribution < 1.29 is 33.0 Å². The van der Waals surface area contributed by atoms with Crippen LogP contribution in [0.2, 0.25) is 0 Å². The van der Waals surface area contributed by atoms with Crippen LogP contribution in [0.5, 0.6) is 0 Å². The molecule has 0 bridgehead atoms. The van der Waals surface area contributed by atoms with Gasteiger partial charge in [-0.3, -0.25) is 4.31 Å². The first-order valence-corrected chi connectivity index (χ1v) is 10.7. The second-order valence-corrected chi connectivity index (χ2v) is 8.37. The molecule has 1 heterocycles. The summed E-state index contributed by atoms with van der Waals surface area (Å²) in [7, 11) is -0.154. The number of carboxylic acids is 2. The third kappa shape index (κ3) is 5.91. The molecule has 3 rings (SSSR count). The van der Waals surface area contributed by atoms with E-state index in [2.05, 4.69) is 5.32 Å². The fourth-order valence-electron chi connectivity index (χ4n) is 2.97. The van der Waals surface area contributed by atoms with E-state index in [4.69, 9.17) is 14.9 Å². The Morgan fingerprint density at radius 2 is 1.58 bits per heavy atom. The van der Waals surface area contributed by atoms with E-state index < -0.39 is 28.1 Å². The molecular formula is C21H24N2O7S. The molecule has 2 aromatic rings. The van der Waals surface area contributed by atoms with E-state index in [9.17, 15) is 18.0 Å². The van der Waals surface area contributed by atoms with Gasteiger partial charge in [-0.05, 0) is 19.2 Å². The molecule has 1 aliphatic rings. The van der Waals surface area contributed by atoms with Crippen molar-refractivity contribution in [1.29, 1.82) is 0 Å². The Morgan fingerprint density at radius 3 is 2.16 bits per heavy atom. The highest BCUT2D eigenvalue weighted by Gasteiger charge is 2.34. The van der Waals surface area contributed by atoms with Crippen LogP contribution < -0.4 is 9.62 Å². The number of carboxylic acid groups (broad SMARTS) is 2. The van der Waals surface area contributed by atoms with Gasteiger partial charge in [0.2, 0.25) is 0 Å². The number of hydrogen-bond donors (Lipinski definition) is 3. The Kier molecular flexibility index (Phi) is 8.31. The van der Waals surface area contributed by atoms with Crippen molar-refractivity contribution in [3.63, 3.8) is 0 Å². The Balaban J connectivity index is 0.000000366. The molecule has 0 fully saturated rings. The molecule has 166 valence electrons. The number of fused-ring (bicyclic) bond motifs is 2. The molecule has 9 nitrogen and oxygen atoms in total. The smallest absolute Gasteiger partial charge is 0.328 e. The van der Waals surface area contributed by atoms with Gasteiger partial charge in [-0.25, -0.2) is 18.0 Å². The number of nitrogens with one attached hydrogen (secondary N) is 1. The maximum Gasteiger partial charge on any atom is 0.328 e. The maximum absolute atomic E-state index is 12.9. The third-order valence-electron chi connectivity index (χ3n) is 4.40. The molecule has 31 heavy (non-hydrogen) atoms. The average Bonchev–Trinajstić information content (AvgIpc) is 2.81. The summed E-state index contributed by atoms with van der Waals surface area (Å²) >= 11 is 0. The fourth-order valence-corrected chi connectivity index (χ4v) is 4.42. The van der Waals surface area contributed by atoms with Crippen molar-refractivity contribution in [2.75, 3.05) is 31.6 Å². The van der Waals surface area contributed by atoms with E-state index in [1.54, 1.807) is 19.2 Å². The van der Waals surface area contributed by atoms with E-state index in [0.717, 1.165) is 5.56 Å². The van der Waals surface area contributed by atoms with Gasteiger partial charge in [0.1, 0.15) is 6.10 Å². The van der Waals surface area contributed by atoms with Crippen LogP contribution in [0, 0.1) is 0 Å². The first-order valence-electron chi connectivity index (χ1n) is 9.27. The van der Waals surface area contributed by atoms with Gasteiger partial charge in [0.15, 0.2) is 0 Å². The minimum atomic E-state index is -3.60. The summed E-state index contributed by atoms with van der Waals surface area (Å²) in [6.45, 7) is 1.19. The van der Waals surface area contributed by atoms with Crippen LogP contribution in [0.4, 0.5) is 5.69 Å². The predicted molar refractivity (Wildman–Crippen MR) is 115 cm³/mol. The van der Waals surface area contributed by atoms with Gasteiger partial charge >= 0.3 is 11.9 Å². The molecule has 1 atom stereocenters. The van der Waals surface area contributed by atoms with Gasteiger partial charge in [0.05, 0.1) is 17.2 Å². The minimum Gasteiger partial charge on any atom is -0.478 e. The molecule has 0 saturated carbocycles. The van der Waals surface area contributed by atoms with E-state index in [0.29, 0.717) is 41.4 Å². The Labute approximate surface area is 180 Å². The summed E-state index contributed by atoms with van der Waals surface area (Å²) in [6.07, 6.45) is 0.709. The standard InChI is InChI=1S/C17H20N2O3S.C4H4O4/c1-18-11-12-22-17-13-7-3-5-9-15(13)19(2)23(20,21)16-10-6-4-8-14(16)17;5-3(6)1-2-4(7)8/h3-10,17-18H,11-12H2,1-2H3;1-2H,(H,5,6)(H,7,8)/b;2-1+. The number of hydrogen-bond acceptors (Lipinski definition) is 6. The number of carbonyl (C=O) groups is 2. The quantitative estimate of drug-likeness (QED) is 0.450. The number of nitrogens with zero attached hydrogens (tertiary/aromatic N) is 1. The van der Waals surface area contributed by atoms with Crippen molar-refractivity contribution >= 4 is 27.6 Å². The summed E-state index contributed by atoms with van der Waals surface area (Å²) in [5, 5.41) is 18.7. The van der Waals surface area contributed by atoms with Crippen molar-refractivity contribution in [2.24, 2.45) is 0 Å². The van der Waals surface area contributed by atoms with Gasteiger partial charge in [-0.2, -0.15) is 0 Å². The molecule has 2 aromatic carbocycles. The number of likely N-dealkylation sites (N-methyl/N-ethyl adjacent to an activating group) is 1. The van der Waals surface area contributed by atoms with E-state index in [1.165, 1.54) is 4.31 Å². The molecule has 1 unspecified atom stereocenters. The molecule has 3 N–H and O–H groups in total. The molecule has 0 aliphatic carbocycles. The number of anilines is 1. The van der Waals surface area contributed by atoms with Gasteiger partial charge in [-0.15, -0.1) is 0 Å². The number of ether oxygens (including phenoxy) is 1. The molecule has 0 spiro atoms. The van der Waals surface area contributed by atoms with Gasteiger partial charge < -0.3 is 20.3 Å². The first-order chi connectivity index (χ1) is 14.7. The summed E-state index contributed by atoms with van der Waals surface area (Å²) in [5.41, 5.74) is 2.19. The van der Waals surface area contributed by atoms with Crippen molar-refractivity contribution in [3.8, 4) is 0 Å². The van der Waals surface area contributed by atoms with Gasteiger partial charge in [0, 0.05) is 36.9 Å². The van der Waals surface area contributed by atoms with Gasteiger partial charge in [0.25, 0.3) is 10.0 Å². The number of aliphatic carboxylic acids is 2. The zero-order chi connectivity index (χ0) is 23.0. The SMILES string of the molecule is CNCCOC1c2ccccc2N(C)S(=O)(=O)c2ccccc21.O=C(O)/C=C/C(=O)O. The lowest BCUT2D eigenvalue weighted by atomic mass is 9.99. The van der Waals surface area contributed by atoms with Crippen LogP contribution in [-0.2, 0) is 24.3 Å². The van der Waals surface area contributed by atoms with E-state index in [1.807, 2.05) is 43.4 Å². The zero-order valence-electron chi connectivity index (χ0n) is 17.1. The lowest BCUT2D eigenvalue weighted by Crippen LogP contribution is -2.26. The second kappa shape index (κ2) is 10.7. The Morgan fingerprint density at radius 1 is 1.03 bits per heavy atom. The van der Waals surface area contributed by atoms with Crippen molar-refractivity contribution in [3.05, 3.63) is 71.8 Å². The molecule has 0 aromatic heterocycles. The zero-order valence-corrected chi connectivity index (χ0v) is 17.9. The summed E-state index contributed by atoms with van der Waals surface area (Å²) in [5.74, 6) is -2.51. The number of rotatable bonds is 6. The summed E-state index contributed by atoms with van der Waals surface area (Å²) < 4.78 is 33.2. The van der Waals surface area contributed by atoms with Crippen LogP contribution in [0.25, 0.3) is 0 Å². The molecule has 0 radical (unpaired) electrons. The fraction of sp³-hybridized carbons (Fsp3) is 0.238. The van der Waals surface area contributed by atoms with Crippen LogP contribution in [0.3, 0.4) is 0 Å². The summed E-state index contributed by atoms with van der Waals surface area (Å²) in [4.78, 5) is 19.4. The molecule has 0 amide bonds. The Bertz CT molecular complexity index is 1050. The van der Waals surface area contributed by atoms with Crippen LogP contribution in [0.15, 0.2) is 65.6 Å². The monoisotopic (exact) mass is 448 g/mol. The second-order valence-electron chi connectivity index (χ2n) is 6.43. The highest BCUT2D eigenvalue weighted by atomic mass is 32.2. The number of benzene rings is 2. The van der Waals surface area contributed by atoms with Crippen molar-refractivity contribution in [1.82, 2.24) is 5.32 Å². The summed E-state index contributed by atoms with van der Waals surface area (Å²) in [6, 6.07) is 14.5. The number of para-hydroxylation sites is 1. The Hall–Kier alpha value is -3.21. The topological polar surface area (TPSA) is 133 Å².